The number of esters is 1. The molecule has 3 rings (SSSR count). The fourth-order valence-corrected chi connectivity index (χ4v) is 2.72. The summed E-state index contributed by atoms with van der Waals surface area (Å²) in [5.41, 5.74) is 1.32. The molecule has 0 saturated carbocycles. The molecule has 1 aliphatic rings. The van der Waals surface area contributed by atoms with E-state index in [0.29, 0.717) is 18.1 Å². The summed E-state index contributed by atoms with van der Waals surface area (Å²) in [5.74, 6) is 0.936. The van der Waals surface area contributed by atoms with Gasteiger partial charge in [-0.1, -0.05) is 0 Å². The third-order valence-electron chi connectivity index (χ3n) is 4.15. The van der Waals surface area contributed by atoms with Crippen LogP contribution >= 0.6 is 0 Å². The number of anilines is 3. The molecule has 0 amide bonds. The minimum absolute atomic E-state index is 0.327. The summed E-state index contributed by atoms with van der Waals surface area (Å²) in [6.07, 6.45) is 1.71. The number of aromatic nitrogens is 2. The van der Waals surface area contributed by atoms with Crippen LogP contribution in [0.5, 0.6) is 0 Å². The van der Waals surface area contributed by atoms with Crippen molar-refractivity contribution in [3.05, 3.63) is 42.1 Å². The highest BCUT2D eigenvalue weighted by molar-refractivity contribution is 5.89. The molecule has 1 fully saturated rings. The third-order valence-corrected chi connectivity index (χ3v) is 4.15. The molecule has 1 aromatic carbocycles. The Morgan fingerprint density at radius 2 is 2.00 bits per heavy atom. The zero-order chi connectivity index (χ0) is 18.9. The molecule has 0 bridgehead atoms. The minimum atomic E-state index is -0.327. The van der Waals surface area contributed by atoms with E-state index >= 15 is 0 Å². The Kier molecular flexibility index (Phi) is 6.95. The van der Waals surface area contributed by atoms with Crippen molar-refractivity contribution in [2.24, 2.45) is 0 Å². The summed E-state index contributed by atoms with van der Waals surface area (Å²) in [6, 6.07) is 8.87. The maximum Gasteiger partial charge on any atom is 0.338 e. The van der Waals surface area contributed by atoms with E-state index in [1.807, 2.05) is 6.07 Å². The van der Waals surface area contributed by atoms with Gasteiger partial charge in [0.2, 0.25) is 5.95 Å². The number of rotatable bonds is 8. The first-order valence-corrected chi connectivity index (χ1v) is 9.16. The summed E-state index contributed by atoms with van der Waals surface area (Å²) >= 11 is 0. The van der Waals surface area contributed by atoms with E-state index in [-0.39, 0.29) is 5.97 Å². The highest BCUT2D eigenvalue weighted by Crippen LogP contribution is 2.15. The van der Waals surface area contributed by atoms with Crippen LogP contribution in [-0.2, 0) is 9.47 Å². The lowest BCUT2D eigenvalue weighted by Gasteiger charge is -2.26. The molecule has 2 aromatic rings. The summed E-state index contributed by atoms with van der Waals surface area (Å²) < 4.78 is 10.3. The number of ether oxygens (including phenoxy) is 2. The monoisotopic (exact) mass is 371 g/mol. The topological polar surface area (TPSA) is 88.6 Å². The number of morpholine rings is 1. The van der Waals surface area contributed by atoms with Crippen LogP contribution in [0.15, 0.2) is 36.5 Å². The van der Waals surface area contributed by atoms with Gasteiger partial charge in [-0.05, 0) is 37.3 Å². The third kappa shape index (κ3) is 5.90. The van der Waals surface area contributed by atoms with Crippen LogP contribution in [0.4, 0.5) is 17.5 Å². The van der Waals surface area contributed by atoms with Gasteiger partial charge in [-0.15, -0.1) is 0 Å². The number of carbonyl (C=O) groups is 1. The first-order chi connectivity index (χ1) is 13.2. The average molecular weight is 371 g/mol. The van der Waals surface area contributed by atoms with Crippen molar-refractivity contribution in [2.75, 3.05) is 56.6 Å². The van der Waals surface area contributed by atoms with E-state index in [9.17, 15) is 4.79 Å². The van der Waals surface area contributed by atoms with Gasteiger partial charge in [-0.2, -0.15) is 4.98 Å². The van der Waals surface area contributed by atoms with Crippen molar-refractivity contribution in [2.45, 2.75) is 6.92 Å². The fraction of sp³-hybridized carbons (Fsp3) is 0.421. The molecule has 8 heteroatoms. The molecule has 144 valence electrons. The van der Waals surface area contributed by atoms with Gasteiger partial charge >= 0.3 is 5.97 Å². The van der Waals surface area contributed by atoms with Crippen molar-refractivity contribution in [3.63, 3.8) is 0 Å². The molecule has 0 aliphatic carbocycles. The van der Waals surface area contributed by atoms with Crippen molar-refractivity contribution in [1.82, 2.24) is 14.9 Å². The van der Waals surface area contributed by atoms with Crippen molar-refractivity contribution in [1.29, 1.82) is 0 Å². The Morgan fingerprint density at radius 3 is 2.74 bits per heavy atom. The Labute approximate surface area is 158 Å². The molecular formula is C19H25N5O3. The second kappa shape index (κ2) is 9.84. The van der Waals surface area contributed by atoms with Gasteiger partial charge in [0.05, 0.1) is 25.4 Å². The lowest BCUT2D eigenvalue weighted by atomic mass is 10.2. The van der Waals surface area contributed by atoms with E-state index in [4.69, 9.17) is 9.47 Å². The Balaban J connectivity index is 1.51. The SMILES string of the molecule is CCOC(=O)c1ccc(Nc2nccc(NCCN3CCOCC3)n2)cc1. The number of nitrogens with zero attached hydrogens (tertiary/aromatic N) is 3. The lowest BCUT2D eigenvalue weighted by Crippen LogP contribution is -2.39. The van der Waals surface area contributed by atoms with Gasteiger partial charge in [0.15, 0.2) is 0 Å². The normalized spacial score (nSPS) is 14.6. The van der Waals surface area contributed by atoms with Gasteiger partial charge in [0.1, 0.15) is 5.82 Å². The largest absolute Gasteiger partial charge is 0.462 e. The zero-order valence-electron chi connectivity index (χ0n) is 15.5. The first-order valence-electron chi connectivity index (χ1n) is 9.16. The second-order valence-corrected chi connectivity index (χ2v) is 6.07. The average Bonchev–Trinajstić information content (AvgIpc) is 2.70. The predicted molar refractivity (Wildman–Crippen MR) is 103 cm³/mol. The molecule has 0 atom stereocenters. The lowest BCUT2D eigenvalue weighted by molar-refractivity contribution is 0.0398. The molecule has 0 radical (unpaired) electrons. The van der Waals surface area contributed by atoms with Crippen LogP contribution in [-0.4, -0.2) is 66.8 Å². The fourth-order valence-electron chi connectivity index (χ4n) is 2.72. The molecule has 0 unspecified atom stereocenters. The van der Waals surface area contributed by atoms with Crippen molar-refractivity contribution in [3.8, 4) is 0 Å². The second-order valence-electron chi connectivity index (χ2n) is 6.07. The molecule has 1 aliphatic heterocycles. The van der Waals surface area contributed by atoms with Crippen LogP contribution in [0.25, 0.3) is 0 Å². The van der Waals surface area contributed by atoms with Gasteiger partial charge < -0.3 is 20.1 Å². The molecule has 2 N–H and O–H groups in total. The molecular weight excluding hydrogens is 346 g/mol. The molecule has 0 spiro atoms. The summed E-state index contributed by atoms with van der Waals surface area (Å²) in [6.45, 7) is 7.45. The molecule has 8 nitrogen and oxygen atoms in total. The Bertz CT molecular complexity index is 732. The van der Waals surface area contributed by atoms with E-state index in [1.54, 1.807) is 37.4 Å². The Morgan fingerprint density at radius 1 is 1.22 bits per heavy atom. The summed E-state index contributed by atoms with van der Waals surface area (Å²) in [4.78, 5) is 22.8. The number of benzene rings is 1. The molecule has 2 heterocycles. The number of hydrogen-bond donors (Lipinski definition) is 2. The van der Waals surface area contributed by atoms with Crippen molar-refractivity contribution < 1.29 is 14.3 Å². The number of hydrogen-bond acceptors (Lipinski definition) is 8. The Hall–Kier alpha value is -2.71. The standard InChI is InChI=1S/C19H25N5O3/c1-2-27-18(25)15-3-5-16(6-4-15)22-19-21-8-7-17(23-19)20-9-10-24-11-13-26-14-12-24/h3-8H,2,9-14H2,1H3,(H2,20,21,22,23). The van der Waals surface area contributed by atoms with E-state index in [1.165, 1.54) is 0 Å². The van der Waals surface area contributed by atoms with Gasteiger partial charge in [0, 0.05) is 38.1 Å². The minimum Gasteiger partial charge on any atom is -0.462 e. The smallest absolute Gasteiger partial charge is 0.338 e. The van der Waals surface area contributed by atoms with Gasteiger partial charge in [0.25, 0.3) is 0 Å². The molecule has 1 aromatic heterocycles. The maximum absolute atomic E-state index is 11.7. The number of nitrogens with one attached hydrogen (secondary N) is 2. The summed E-state index contributed by atoms with van der Waals surface area (Å²) in [7, 11) is 0. The number of carbonyl (C=O) groups excluding carboxylic acids is 1. The highest BCUT2D eigenvalue weighted by Gasteiger charge is 2.10. The maximum atomic E-state index is 11.7. The first kappa shape index (κ1) is 19.1. The van der Waals surface area contributed by atoms with Crippen LogP contribution in [0.3, 0.4) is 0 Å². The summed E-state index contributed by atoms with van der Waals surface area (Å²) in [5, 5.41) is 6.46. The zero-order valence-corrected chi connectivity index (χ0v) is 15.5. The van der Waals surface area contributed by atoms with E-state index in [0.717, 1.165) is 50.9 Å². The van der Waals surface area contributed by atoms with Gasteiger partial charge in [-0.25, -0.2) is 9.78 Å². The van der Waals surface area contributed by atoms with E-state index < -0.39 is 0 Å². The van der Waals surface area contributed by atoms with Gasteiger partial charge in [-0.3, -0.25) is 4.90 Å². The van der Waals surface area contributed by atoms with Crippen molar-refractivity contribution >= 4 is 23.4 Å². The molecule has 1 saturated heterocycles. The molecule has 27 heavy (non-hydrogen) atoms. The van der Waals surface area contributed by atoms with Crippen LogP contribution in [0.1, 0.15) is 17.3 Å². The van der Waals surface area contributed by atoms with Crippen LogP contribution < -0.4 is 10.6 Å². The highest BCUT2D eigenvalue weighted by atomic mass is 16.5. The van der Waals surface area contributed by atoms with Crippen LogP contribution in [0.2, 0.25) is 0 Å². The van der Waals surface area contributed by atoms with Crippen LogP contribution in [0, 0.1) is 0 Å². The quantitative estimate of drug-likeness (QED) is 0.683. The van der Waals surface area contributed by atoms with E-state index in [2.05, 4.69) is 25.5 Å². The predicted octanol–water partition coefficient (Wildman–Crippen LogP) is 2.14.